The molecule has 28 heavy (non-hydrogen) atoms. The smallest absolute Gasteiger partial charge is 0.282 e. The van der Waals surface area contributed by atoms with Gasteiger partial charge < -0.3 is 5.32 Å². The van der Waals surface area contributed by atoms with Gasteiger partial charge in [0.25, 0.3) is 11.8 Å². The number of anilines is 2. The van der Waals surface area contributed by atoms with Crippen molar-refractivity contribution in [1.82, 2.24) is 0 Å². The van der Waals surface area contributed by atoms with Crippen LogP contribution < -0.4 is 10.2 Å². The second-order valence-electron chi connectivity index (χ2n) is 6.27. The minimum Gasteiger partial charge on any atom is -0.350 e. The lowest BCUT2D eigenvalue weighted by atomic mass is 10.1. The first-order valence-corrected chi connectivity index (χ1v) is 9.67. The molecule has 7 heteroatoms. The molecule has 3 aromatic rings. The number of thiophene rings is 1. The first-order valence-electron chi connectivity index (χ1n) is 8.41. The van der Waals surface area contributed by atoms with E-state index in [2.05, 4.69) is 5.32 Å². The average Bonchev–Trinajstić information content (AvgIpc) is 3.25. The molecule has 4 nitrogen and oxygen atoms in total. The van der Waals surface area contributed by atoms with Gasteiger partial charge in [-0.05, 0) is 54.3 Å². The second-order valence-corrected chi connectivity index (χ2v) is 7.62. The topological polar surface area (TPSA) is 49.4 Å². The highest BCUT2D eigenvalue weighted by Crippen LogP contribution is 2.36. The predicted octanol–water partition coefficient (Wildman–Crippen LogP) is 5.25. The molecule has 1 N–H and O–H groups in total. The van der Waals surface area contributed by atoms with Crippen LogP contribution in [0, 0.1) is 12.7 Å². The summed E-state index contributed by atoms with van der Waals surface area (Å²) in [6.07, 6.45) is 0. The van der Waals surface area contributed by atoms with E-state index in [1.165, 1.54) is 23.5 Å². The predicted molar refractivity (Wildman–Crippen MR) is 110 cm³/mol. The zero-order chi connectivity index (χ0) is 19.8. The van der Waals surface area contributed by atoms with E-state index < -0.39 is 17.6 Å². The monoisotopic (exact) mass is 412 g/mol. The summed E-state index contributed by atoms with van der Waals surface area (Å²) in [5, 5.41) is 4.77. The Hall–Kier alpha value is -2.96. The number of hydrogen-bond donors (Lipinski definition) is 1. The van der Waals surface area contributed by atoms with Crippen molar-refractivity contribution in [1.29, 1.82) is 0 Å². The number of benzene rings is 2. The minimum atomic E-state index is -0.617. The van der Waals surface area contributed by atoms with Crippen molar-refractivity contribution >= 4 is 51.7 Å². The molecule has 2 amide bonds. The fourth-order valence-corrected chi connectivity index (χ4v) is 3.96. The number of amides is 2. The molecule has 1 aliphatic rings. The van der Waals surface area contributed by atoms with Crippen LogP contribution in [-0.4, -0.2) is 11.8 Å². The largest absolute Gasteiger partial charge is 0.350 e. The van der Waals surface area contributed by atoms with Crippen LogP contribution in [0.25, 0.3) is 5.57 Å². The normalized spacial score (nSPS) is 14.2. The Kier molecular flexibility index (Phi) is 4.75. The number of carbonyl (C=O) groups is 2. The maximum atomic E-state index is 13.5. The van der Waals surface area contributed by atoms with Crippen LogP contribution in [0.4, 0.5) is 15.8 Å². The van der Waals surface area contributed by atoms with E-state index in [0.717, 1.165) is 16.5 Å². The molecule has 2 aromatic carbocycles. The van der Waals surface area contributed by atoms with Crippen molar-refractivity contribution in [2.45, 2.75) is 6.92 Å². The van der Waals surface area contributed by atoms with Gasteiger partial charge in [-0.1, -0.05) is 29.8 Å². The Bertz CT molecular complexity index is 1130. The molecule has 1 aliphatic heterocycles. The van der Waals surface area contributed by atoms with Crippen LogP contribution >= 0.6 is 22.9 Å². The van der Waals surface area contributed by atoms with Gasteiger partial charge in [0.05, 0.1) is 16.3 Å². The van der Waals surface area contributed by atoms with Gasteiger partial charge in [0, 0.05) is 10.6 Å². The van der Waals surface area contributed by atoms with Gasteiger partial charge in [-0.3, -0.25) is 9.59 Å². The molecule has 0 saturated carbocycles. The Morgan fingerprint density at radius 3 is 2.54 bits per heavy atom. The third-order valence-corrected chi connectivity index (χ3v) is 5.48. The number of hydrogen-bond acceptors (Lipinski definition) is 4. The van der Waals surface area contributed by atoms with Crippen LogP contribution in [0.5, 0.6) is 0 Å². The van der Waals surface area contributed by atoms with Crippen LogP contribution in [0.1, 0.15) is 10.4 Å². The summed E-state index contributed by atoms with van der Waals surface area (Å²) in [5.74, 6) is -1.61. The molecule has 0 bridgehead atoms. The summed E-state index contributed by atoms with van der Waals surface area (Å²) in [6.45, 7) is 1.94. The molecule has 0 atom stereocenters. The van der Waals surface area contributed by atoms with Crippen molar-refractivity contribution < 1.29 is 14.0 Å². The summed E-state index contributed by atoms with van der Waals surface area (Å²) < 4.78 is 13.5. The van der Waals surface area contributed by atoms with Crippen molar-refractivity contribution in [3.63, 3.8) is 0 Å². The van der Waals surface area contributed by atoms with E-state index in [9.17, 15) is 14.0 Å². The molecule has 0 spiro atoms. The van der Waals surface area contributed by atoms with Crippen molar-refractivity contribution in [3.05, 3.63) is 87.0 Å². The number of rotatable bonds is 4. The van der Waals surface area contributed by atoms with Crippen LogP contribution in [0.2, 0.25) is 5.02 Å². The lowest BCUT2D eigenvalue weighted by Gasteiger charge is -2.16. The average molecular weight is 413 g/mol. The number of imide groups is 1. The molecule has 1 aromatic heterocycles. The highest BCUT2D eigenvalue weighted by atomic mass is 35.5. The fourth-order valence-electron chi connectivity index (χ4n) is 3.02. The Labute approximate surface area is 169 Å². The Morgan fingerprint density at radius 2 is 1.86 bits per heavy atom. The van der Waals surface area contributed by atoms with Crippen molar-refractivity contribution in [2.75, 3.05) is 10.2 Å². The van der Waals surface area contributed by atoms with E-state index in [-0.39, 0.29) is 22.0 Å². The zero-order valence-corrected chi connectivity index (χ0v) is 16.3. The Balaban J connectivity index is 1.80. The first kappa shape index (κ1) is 18.4. The molecular formula is C21H14ClFN2O2S. The summed E-state index contributed by atoms with van der Waals surface area (Å²) in [5.41, 5.74) is 2.39. The molecule has 0 aliphatic carbocycles. The highest BCUT2D eigenvalue weighted by Gasteiger charge is 2.40. The van der Waals surface area contributed by atoms with Gasteiger partial charge in [-0.25, -0.2) is 9.29 Å². The van der Waals surface area contributed by atoms with E-state index in [4.69, 9.17) is 11.6 Å². The standard InChI is InChI=1S/C21H14ClFN2O2S/c1-12-4-2-5-13(10-12)24-19-18(17-6-3-9-28-17)20(26)25(21(19)27)14-7-8-16(23)15(22)11-14/h2-11,24H,1H3. The fraction of sp³-hybridized carbons (Fsp3) is 0.0476. The second kappa shape index (κ2) is 7.22. The maximum Gasteiger partial charge on any atom is 0.282 e. The number of nitrogens with one attached hydrogen (secondary N) is 1. The van der Waals surface area contributed by atoms with Crippen molar-refractivity contribution in [2.24, 2.45) is 0 Å². The number of halogens is 2. The third kappa shape index (κ3) is 3.21. The molecule has 0 unspecified atom stereocenters. The van der Waals surface area contributed by atoms with Gasteiger partial charge in [0.2, 0.25) is 0 Å². The summed E-state index contributed by atoms with van der Waals surface area (Å²) >= 11 is 7.22. The van der Waals surface area contributed by atoms with E-state index in [1.807, 2.05) is 42.6 Å². The molecule has 0 radical (unpaired) electrons. The van der Waals surface area contributed by atoms with Crippen LogP contribution in [0.3, 0.4) is 0 Å². The summed E-state index contributed by atoms with van der Waals surface area (Å²) in [7, 11) is 0. The SMILES string of the molecule is Cc1cccc(NC2=C(c3cccs3)C(=O)N(c3ccc(F)c(Cl)c3)C2=O)c1. The molecule has 140 valence electrons. The summed E-state index contributed by atoms with van der Waals surface area (Å²) in [6, 6.07) is 14.9. The van der Waals surface area contributed by atoms with E-state index in [1.54, 1.807) is 6.07 Å². The van der Waals surface area contributed by atoms with Gasteiger partial charge >= 0.3 is 0 Å². The highest BCUT2D eigenvalue weighted by molar-refractivity contribution is 7.11. The molecular weight excluding hydrogens is 399 g/mol. The van der Waals surface area contributed by atoms with Gasteiger partial charge in [-0.15, -0.1) is 11.3 Å². The molecule has 0 saturated heterocycles. The number of nitrogens with zero attached hydrogens (tertiary/aromatic N) is 1. The lowest BCUT2D eigenvalue weighted by molar-refractivity contribution is -0.120. The summed E-state index contributed by atoms with van der Waals surface area (Å²) in [4.78, 5) is 28.0. The number of aryl methyl sites for hydroxylation is 1. The molecule has 0 fully saturated rings. The minimum absolute atomic E-state index is 0.157. The first-order chi connectivity index (χ1) is 13.5. The van der Waals surface area contributed by atoms with Crippen LogP contribution in [0.15, 0.2) is 65.7 Å². The quantitative estimate of drug-likeness (QED) is 0.596. The van der Waals surface area contributed by atoms with E-state index in [0.29, 0.717) is 10.6 Å². The number of carbonyl (C=O) groups excluding carboxylic acids is 2. The van der Waals surface area contributed by atoms with Gasteiger partial charge in [0.15, 0.2) is 0 Å². The maximum absolute atomic E-state index is 13.5. The third-order valence-electron chi connectivity index (χ3n) is 4.30. The van der Waals surface area contributed by atoms with Gasteiger partial charge in [0.1, 0.15) is 11.5 Å². The zero-order valence-electron chi connectivity index (χ0n) is 14.7. The van der Waals surface area contributed by atoms with E-state index >= 15 is 0 Å². The van der Waals surface area contributed by atoms with Gasteiger partial charge in [-0.2, -0.15) is 0 Å². The molecule has 2 heterocycles. The molecule has 4 rings (SSSR count). The van der Waals surface area contributed by atoms with Crippen molar-refractivity contribution in [3.8, 4) is 0 Å². The lowest BCUT2D eigenvalue weighted by Crippen LogP contribution is -2.32. The Morgan fingerprint density at radius 1 is 1.04 bits per heavy atom. The van der Waals surface area contributed by atoms with Crippen LogP contribution in [-0.2, 0) is 9.59 Å².